The lowest BCUT2D eigenvalue weighted by Gasteiger charge is -2.18. The first-order valence-corrected chi connectivity index (χ1v) is 13.1. The molecule has 6 rings (SSSR count). The van der Waals surface area contributed by atoms with Crippen molar-refractivity contribution in [3.05, 3.63) is 108 Å². The second-order valence-corrected chi connectivity index (χ2v) is 8.99. The molecule has 2 unspecified atom stereocenters. The molecule has 204 valence electrons. The highest BCUT2D eigenvalue weighted by Gasteiger charge is 2.19. The molecule has 0 radical (unpaired) electrons. The topological polar surface area (TPSA) is 132 Å². The van der Waals surface area contributed by atoms with Gasteiger partial charge in [-0.1, -0.05) is 53.7 Å². The Labute approximate surface area is 232 Å². The third-order valence-electron chi connectivity index (χ3n) is 6.15. The Morgan fingerprint density at radius 1 is 0.650 bits per heavy atom. The molecule has 2 atom stereocenters. The van der Waals surface area contributed by atoms with Crippen molar-refractivity contribution in [3.63, 3.8) is 0 Å². The molecule has 0 spiro atoms. The van der Waals surface area contributed by atoms with E-state index in [9.17, 15) is 0 Å². The molecular formula is C30H32N8O2. The molecule has 6 aromatic rings. The van der Waals surface area contributed by atoms with Crippen molar-refractivity contribution in [1.29, 1.82) is 0 Å². The average Bonchev–Trinajstić information content (AvgIpc) is 3.59. The van der Waals surface area contributed by atoms with Gasteiger partial charge >= 0.3 is 0 Å². The lowest BCUT2D eigenvalue weighted by atomic mass is 10.1. The molecule has 0 aliphatic carbocycles. The predicted octanol–water partition coefficient (Wildman–Crippen LogP) is 5.19. The highest BCUT2D eigenvalue weighted by atomic mass is 16.5. The van der Waals surface area contributed by atoms with E-state index in [0.29, 0.717) is 24.6 Å². The van der Waals surface area contributed by atoms with Crippen LogP contribution >= 0.6 is 0 Å². The van der Waals surface area contributed by atoms with E-state index in [4.69, 9.17) is 20.9 Å². The Hall–Kier alpha value is -4.80. The summed E-state index contributed by atoms with van der Waals surface area (Å²) in [6.45, 7) is 5.05. The Morgan fingerprint density at radius 2 is 1.18 bits per heavy atom. The maximum Gasteiger partial charge on any atom is 0.194 e. The lowest BCUT2D eigenvalue weighted by molar-refractivity contribution is 0.0228. The van der Waals surface area contributed by atoms with Gasteiger partial charge in [0.05, 0.1) is 5.52 Å². The van der Waals surface area contributed by atoms with Crippen LogP contribution in [0.2, 0.25) is 0 Å². The first-order chi connectivity index (χ1) is 19.6. The van der Waals surface area contributed by atoms with E-state index in [1.54, 1.807) is 9.48 Å². The monoisotopic (exact) mass is 536 g/mol. The normalized spacial score (nSPS) is 12.7. The summed E-state index contributed by atoms with van der Waals surface area (Å²) in [5.41, 5.74) is 18.5. The first-order valence-electron chi connectivity index (χ1n) is 13.1. The maximum atomic E-state index is 5.86. The van der Waals surface area contributed by atoms with Gasteiger partial charge in [0.15, 0.2) is 12.5 Å². The quantitative estimate of drug-likeness (QED) is 0.254. The van der Waals surface area contributed by atoms with Gasteiger partial charge in [0.25, 0.3) is 0 Å². The van der Waals surface area contributed by atoms with Crippen molar-refractivity contribution >= 4 is 33.4 Å². The number of nitrogens with two attached hydrogens (primary N) is 2. The van der Waals surface area contributed by atoms with Gasteiger partial charge in [-0.2, -0.15) is 10.2 Å². The number of para-hydroxylation sites is 1. The minimum absolute atomic E-state index is 0.323. The highest BCUT2D eigenvalue weighted by molar-refractivity contribution is 5.74. The number of nitrogen functional groups attached to an aromatic ring is 2. The van der Waals surface area contributed by atoms with Gasteiger partial charge in [0, 0.05) is 35.7 Å². The summed E-state index contributed by atoms with van der Waals surface area (Å²) >= 11 is 0. The molecule has 0 fully saturated rings. The number of ether oxygens (including phenoxy) is 2. The molecule has 0 aliphatic heterocycles. The van der Waals surface area contributed by atoms with Crippen LogP contribution in [0.25, 0.3) is 22.1 Å². The van der Waals surface area contributed by atoms with Crippen molar-refractivity contribution in [2.45, 2.75) is 26.3 Å². The van der Waals surface area contributed by atoms with Crippen molar-refractivity contribution in [1.82, 2.24) is 30.0 Å². The van der Waals surface area contributed by atoms with E-state index in [1.807, 2.05) is 111 Å². The van der Waals surface area contributed by atoms with Crippen molar-refractivity contribution in [2.24, 2.45) is 0 Å². The van der Waals surface area contributed by atoms with E-state index in [-0.39, 0.29) is 12.5 Å². The zero-order valence-electron chi connectivity index (χ0n) is 22.5. The van der Waals surface area contributed by atoms with Gasteiger partial charge in [-0.05, 0) is 62.4 Å². The number of anilines is 2. The Bertz CT molecular complexity index is 1650. The number of benzene rings is 4. The van der Waals surface area contributed by atoms with Gasteiger partial charge in [-0.3, -0.25) is 0 Å². The molecule has 40 heavy (non-hydrogen) atoms. The number of nitrogens with zero attached hydrogens (tertiary/aromatic N) is 6. The number of aromatic nitrogens is 6. The Balaban J connectivity index is 0.000000161. The molecule has 0 bridgehead atoms. The van der Waals surface area contributed by atoms with Gasteiger partial charge in [-0.25, -0.2) is 4.68 Å². The van der Waals surface area contributed by atoms with Crippen molar-refractivity contribution in [3.8, 4) is 0 Å². The van der Waals surface area contributed by atoms with E-state index in [1.165, 1.54) is 0 Å². The molecule has 0 saturated heterocycles. The summed E-state index contributed by atoms with van der Waals surface area (Å²) < 4.78 is 13.4. The van der Waals surface area contributed by atoms with Crippen LogP contribution in [0.4, 0.5) is 11.4 Å². The van der Waals surface area contributed by atoms with Crippen molar-refractivity contribution < 1.29 is 9.47 Å². The molecule has 0 aliphatic rings. The second kappa shape index (κ2) is 12.4. The predicted molar refractivity (Wildman–Crippen MR) is 156 cm³/mol. The third kappa shape index (κ3) is 5.93. The molecule has 10 nitrogen and oxygen atoms in total. The van der Waals surface area contributed by atoms with Crippen LogP contribution < -0.4 is 11.5 Å². The molecule has 0 saturated carbocycles. The smallest absolute Gasteiger partial charge is 0.194 e. The summed E-state index contributed by atoms with van der Waals surface area (Å²) in [5, 5.41) is 17.3. The fourth-order valence-electron chi connectivity index (χ4n) is 4.39. The van der Waals surface area contributed by atoms with Crippen LogP contribution in [-0.4, -0.2) is 43.2 Å². The van der Waals surface area contributed by atoms with Gasteiger partial charge in [0.1, 0.15) is 16.6 Å². The lowest BCUT2D eigenvalue weighted by Crippen LogP contribution is -2.17. The van der Waals surface area contributed by atoms with Crippen LogP contribution in [0.15, 0.2) is 97.1 Å². The minimum Gasteiger partial charge on any atom is -0.399 e. The molecule has 2 aromatic heterocycles. The average molecular weight is 537 g/mol. The van der Waals surface area contributed by atoms with Gasteiger partial charge in [0.2, 0.25) is 0 Å². The Morgan fingerprint density at radius 3 is 1.75 bits per heavy atom. The molecule has 0 amide bonds. The van der Waals surface area contributed by atoms with E-state index in [2.05, 4.69) is 20.5 Å². The minimum atomic E-state index is -0.365. The van der Waals surface area contributed by atoms with Crippen LogP contribution in [0.1, 0.15) is 37.4 Å². The van der Waals surface area contributed by atoms with E-state index >= 15 is 0 Å². The summed E-state index contributed by atoms with van der Waals surface area (Å²) in [6, 6.07) is 30.8. The van der Waals surface area contributed by atoms with Gasteiger partial charge < -0.3 is 20.9 Å². The van der Waals surface area contributed by atoms with E-state index < -0.39 is 0 Å². The van der Waals surface area contributed by atoms with Crippen LogP contribution in [0.5, 0.6) is 0 Å². The fraction of sp³-hybridized carbons (Fsp3) is 0.200. The van der Waals surface area contributed by atoms with Crippen LogP contribution in [0.3, 0.4) is 0 Å². The summed E-state index contributed by atoms with van der Waals surface area (Å²) in [7, 11) is 0. The Kier molecular flexibility index (Phi) is 8.29. The van der Waals surface area contributed by atoms with E-state index in [0.717, 1.165) is 33.2 Å². The zero-order chi connectivity index (χ0) is 27.9. The molecule has 10 heteroatoms. The summed E-state index contributed by atoms with van der Waals surface area (Å²) in [6.07, 6.45) is -0.688. The molecule has 2 heterocycles. The molecular weight excluding hydrogens is 504 g/mol. The number of rotatable bonds is 8. The number of fused-ring (bicyclic) bond motifs is 2. The zero-order valence-corrected chi connectivity index (χ0v) is 22.5. The number of hydrogen-bond donors (Lipinski definition) is 2. The fourth-order valence-corrected chi connectivity index (χ4v) is 4.39. The van der Waals surface area contributed by atoms with Crippen molar-refractivity contribution in [2.75, 3.05) is 24.7 Å². The maximum absolute atomic E-state index is 5.86. The first kappa shape index (κ1) is 26.8. The molecule has 4 N–H and O–H groups in total. The largest absolute Gasteiger partial charge is 0.399 e. The highest BCUT2D eigenvalue weighted by Crippen LogP contribution is 2.25. The van der Waals surface area contributed by atoms with Crippen LogP contribution in [0, 0.1) is 0 Å². The third-order valence-corrected chi connectivity index (χ3v) is 6.15. The standard InChI is InChI=1S/2C15H16N4O/c1-2-20-15(11-6-5-7-12(16)10-11)19-14-9-4-3-8-13(14)17-18-19;1-2-20-15(11-6-5-7-12(16)10-11)19-17-13-8-3-4-9-14(13)18-19/h2*3-10,15H,2,16H2,1H3. The molecule has 4 aromatic carbocycles. The second-order valence-electron chi connectivity index (χ2n) is 8.99. The summed E-state index contributed by atoms with van der Waals surface area (Å²) in [4.78, 5) is 1.60. The SMILES string of the molecule is CCOC(c1cccc(N)c1)n1nc2ccccc2n1.CCOC(c1cccc(N)c1)n1nnc2ccccc21. The van der Waals surface area contributed by atoms with Gasteiger partial charge in [-0.15, -0.1) is 9.90 Å². The number of hydrogen-bond acceptors (Lipinski definition) is 8. The van der Waals surface area contributed by atoms with Crippen LogP contribution in [-0.2, 0) is 9.47 Å². The summed E-state index contributed by atoms with van der Waals surface area (Å²) in [5.74, 6) is 0.